The minimum atomic E-state index is -0.0761. The number of hydrazone groups is 1. The lowest BCUT2D eigenvalue weighted by molar-refractivity contribution is -0.124. The van der Waals surface area contributed by atoms with E-state index < -0.39 is 0 Å². The van der Waals surface area contributed by atoms with Gasteiger partial charge in [0.05, 0.1) is 5.71 Å². The molecule has 0 saturated carbocycles. The van der Waals surface area contributed by atoms with Crippen LogP contribution in [0.15, 0.2) is 58.0 Å². The van der Waals surface area contributed by atoms with Gasteiger partial charge in [-0.3, -0.25) is 4.79 Å². The van der Waals surface area contributed by atoms with Crippen molar-refractivity contribution >= 4 is 22.7 Å². The zero-order valence-corrected chi connectivity index (χ0v) is 12.6. The molecule has 1 aliphatic rings. The van der Waals surface area contributed by atoms with Crippen molar-refractivity contribution in [1.82, 2.24) is 10.4 Å². The van der Waals surface area contributed by atoms with Crippen molar-refractivity contribution in [2.75, 3.05) is 0 Å². The first-order valence-corrected chi connectivity index (χ1v) is 7.53. The Hall–Kier alpha value is -2.95. The van der Waals surface area contributed by atoms with Gasteiger partial charge >= 0.3 is 0 Å². The number of oxazole rings is 1. The minimum absolute atomic E-state index is 0.0409. The van der Waals surface area contributed by atoms with Crippen LogP contribution in [0.2, 0.25) is 0 Å². The molecule has 2 aromatic carbocycles. The molecule has 0 fully saturated rings. The highest BCUT2D eigenvalue weighted by molar-refractivity contribution is 6.06. The fraction of sp³-hybridized carbons (Fsp3) is 0.167. The first-order chi connectivity index (χ1) is 11.2. The van der Waals surface area contributed by atoms with E-state index >= 15 is 0 Å². The Balaban J connectivity index is 1.73. The van der Waals surface area contributed by atoms with E-state index in [9.17, 15) is 4.79 Å². The number of carbonyl (C=O) groups excluding carboxylic acids is 1. The Bertz CT molecular complexity index is 912. The van der Waals surface area contributed by atoms with Crippen molar-refractivity contribution in [3.8, 4) is 11.5 Å². The third kappa shape index (κ3) is 2.50. The fourth-order valence-electron chi connectivity index (χ4n) is 2.65. The standard InChI is InChI=1S/C18H15N3O2/c1-11-9-15(20-21-17(11)22)13-7-8-14-16(10-13)23-18(19-14)12-5-3-2-4-6-12/h2-8,10-11H,9H2,1H3,(H,21,22)/t11-/m1/s1. The molecule has 3 aromatic rings. The molecule has 1 N–H and O–H groups in total. The molecule has 0 bridgehead atoms. The summed E-state index contributed by atoms with van der Waals surface area (Å²) in [6, 6.07) is 15.6. The number of benzene rings is 2. The molecule has 0 spiro atoms. The van der Waals surface area contributed by atoms with Gasteiger partial charge in [0.15, 0.2) is 5.58 Å². The van der Waals surface area contributed by atoms with Crippen LogP contribution in [-0.4, -0.2) is 16.6 Å². The van der Waals surface area contributed by atoms with Gasteiger partial charge in [-0.2, -0.15) is 5.10 Å². The summed E-state index contributed by atoms with van der Waals surface area (Å²) in [7, 11) is 0. The number of fused-ring (bicyclic) bond motifs is 1. The zero-order chi connectivity index (χ0) is 15.8. The van der Waals surface area contributed by atoms with Crippen LogP contribution in [-0.2, 0) is 4.79 Å². The summed E-state index contributed by atoms with van der Waals surface area (Å²) in [5.41, 5.74) is 6.83. The number of carbonyl (C=O) groups is 1. The van der Waals surface area contributed by atoms with E-state index in [0.717, 1.165) is 22.4 Å². The van der Waals surface area contributed by atoms with E-state index in [4.69, 9.17) is 4.42 Å². The first kappa shape index (κ1) is 13.7. The SMILES string of the molecule is C[C@@H]1CC(c2ccc3nc(-c4ccccc4)oc3c2)=NNC1=O. The van der Waals surface area contributed by atoms with Crippen molar-refractivity contribution in [3.05, 3.63) is 54.1 Å². The Morgan fingerprint density at radius 2 is 1.96 bits per heavy atom. The van der Waals surface area contributed by atoms with Crippen LogP contribution in [0.1, 0.15) is 18.9 Å². The summed E-state index contributed by atoms with van der Waals surface area (Å²) in [5.74, 6) is 0.485. The van der Waals surface area contributed by atoms with Crippen LogP contribution in [0.3, 0.4) is 0 Å². The molecule has 0 aliphatic carbocycles. The number of amides is 1. The van der Waals surface area contributed by atoms with Crippen molar-refractivity contribution < 1.29 is 9.21 Å². The summed E-state index contributed by atoms with van der Waals surface area (Å²) in [4.78, 5) is 16.0. The van der Waals surface area contributed by atoms with Gasteiger partial charge in [0.2, 0.25) is 11.8 Å². The number of aromatic nitrogens is 1. The summed E-state index contributed by atoms with van der Waals surface area (Å²) in [6.45, 7) is 1.89. The average molecular weight is 305 g/mol. The van der Waals surface area contributed by atoms with Crippen molar-refractivity contribution in [2.24, 2.45) is 11.0 Å². The van der Waals surface area contributed by atoms with Gasteiger partial charge < -0.3 is 4.42 Å². The smallest absolute Gasteiger partial charge is 0.243 e. The number of hydrogen-bond donors (Lipinski definition) is 1. The number of nitrogens with one attached hydrogen (secondary N) is 1. The van der Waals surface area contributed by atoms with Crippen LogP contribution in [0, 0.1) is 5.92 Å². The van der Waals surface area contributed by atoms with E-state index in [1.54, 1.807) is 0 Å². The van der Waals surface area contributed by atoms with Crippen LogP contribution in [0.25, 0.3) is 22.6 Å². The van der Waals surface area contributed by atoms with Gasteiger partial charge in [-0.15, -0.1) is 0 Å². The Labute approximate surface area is 133 Å². The lowest BCUT2D eigenvalue weighted by Gasteiger charge is -2.17. The zero-order valence-electron chi connectivity index (χ0n) is 12.6. The van der Waals surface area contributed by atoms with Crippen LogP contribution in [0.4, 0.5) is 0 Å². The van der Waals surface area contributed by atoms with Gasteiger partial charge in [0.25, 0.3) is 0 Å². The van der Waals surface area contributed by atoms with Gasteiger partial charge in [0, 0.05) is 23.5 Å². The van der Waals surface area contributed by atoms with E-state index in [-0.39, 0.29) is 11.8 Å². The Morgan fingerprint density at radius 3 is 2.74 bits per heavy atom. The van der Waals surface area contributed by atoms with Gasteiger partial charge in [-0.25, -0.2) is 10.4 Å². The molecule has 1 atom stereocenters. The third-order valence-corrected chi connectivity index (χ3v) is 3.99. The van der Waals surface area contributed by atoms with Crippen molar-refractivity contribution in [3.63, 3.8) is 0 Å². The summed E-state index contributed by atoms with van der Waals surface area (Å²) < 4.78 is 5.88. The summed E-state index contributed by atoms with van der Waals surface area (Å²) in [5, 5.41) is 4.16. The van der Waals surface area contributed by atoms with Crippen molar-refractivity contribution in [1.29, 1.82) is 0 Å². The van der Waals surface area contributed by atoms with Crippen LogP contribution >= 0.6 is 0 Å². The fourth-order valence-corrected chi connectivity index (χ4v) is 2.65. The number of nitrogens with zero attached hydrogens (tertiary/aromatic N) is 2. The topological polar surface area (TPSA) is 67.5 Å². The second-order valence-electron chi connectivity index (χ2n) is 5.71. The maximum Gasteiger partial charge on any atom is 0.243 e. The average Bonchev–Trinajstić information content (AvgIpc) is 3.01. The molecule has 5 heteroatoms. The van der Waals surface area contributed by atoms with Crippen LogP contribution < -0.4 is 5.43 Å². The van der Waals surface area contributed by atoms with Gasteiger partial charge in [-0.1, -0.05) is 31.2 Å². The van der Waals surface area contributed by atoms with E-state index in [1.807, 2.05) is 55.5 Å². The van der Waals surface area contributed by atoms with E-state index in [1.165, 1.54) is 0 Å². The first-order valence-electron chi connectivity index (χ1n) is 7.53. The second-order valence-corrected chi connectivity index (χ2v) is 5.71. The maximum absolute atomic E-state index is 11.5. The number of rotatable bonds is 2. The van der Waals surface area contributed by atoms with E-state index in [0.29, 0.717) is 17.9 Å². The monoisotopic (exact) mass is 305 g/mol. The van der Waals surface area contributed by atoms with Gasteiger partial charge in [0.1, 0.15) is 5.52 Å². The molecule has 114 valence electrons. The predicted octanol–water partition coefficient (Wildman–Crippen LogP) is 3.35. The molecular weight excluding hydrogens is 290 g/mol. The quantitative estimate of drug-likeness (QED) is 0.789. The molecule has 1 aliphatic heterocycles. The maximum atomic E-state index is 11.5. The summed E-state index contributed by atoms with van der Waals surface area (Å²) >= 11 is 0. The highest BCUT2D eigenvalue weighted by Crippen LogP contribution is 2.26. The normalized spacial score (nSPS) is 17.9. The van der Waals surface area contributed by atoms with Gasteiger partial charge in [-0.05, 0) is 24.3 Å². The highest BCUT2D eigenvalue weighted by atomic mass is 16.3. The summed E-state index contributed by atoms with van der Waals surface area (Å²) in [6.07, 6.45) is 0.622. The molecule has 5 nitrogen and oxygen atoms in total. The Kier molecular flexibility index (Phi) is 3.19. The van der Waals surface area contributed by atoms with E-state index in [2.05, 4.69) is 15.5 Å². The molecule has 1 aromatic heterocycles. The second kappa shape index (κ2) is 5.35. The molecule has 4 rings (SSSR count). The molecule has 0 unspecified atom stereocenters. The molecule has 2 heterocycles. The number of hydrogen-bond acceptors (Lipinski definition) is 4. The third-order valence-electron chi connectivity index (χ3n) is 3.99. The molecular formula is C18H15N3O2. The molecule has 23 heavy (non-hydrogen) atoms. The predicted molar refractivity (Wildman–Crippen MR) is 87.9 cm³/mol. The lowest BCUT2D eigenvalue weighted by Crippen LogP contribution is -2.33. The molecule has 1 amide bonds. The minimum Gasteiger partial charge on any atom is -0.436 e. The van der Waals surface area contributed by atoms with Crippen LogP contribution in [0.5, 0.6) is 0 Å². The Morgan fingerprint density at radius 1 is 1.13 bits per heavy atom. The molecule has 0 saturated heterocycles. The largest absolute Gasteiger partial charge is 0.436 e. The lowest BCUT2D eigenvalue weighted by atomic mass is 9.97. The molecule has 0 radical (unpaired) electrons. The highest BCUT2D eigenvalue weighted by Gasteiger charge is 2.22. The van der Waals surface area contributed by atoms with Crippen molar-refractivity contribution in [2.45, 2.75) is 13.3 Å².